The minimum Gasteiger partial charge on any atom is -0.456 e. The average molecular weight is 439 g/mol. The molecule has 2 aliphatic heterocycles. The van der Waals surface area contributed by atoms with Crippen molar-refractivity contribution in [2.45, 2.75) is 45.3 Å². The highest BCUT2D eigenvalue weighted by atomic mass is 35.5. The number of carbonyl (C=O) groups is 3. The van der Waals surface area contributed by atoms with E-state index in [2.05, 4.69) is 0 Å². The van der Waals surface area contributed by atoms with Gasteiger partial charge < -0.3 is 15.4 Å². The Kier molecular flexibility index (Phi) is 6.74. The molecule has 2 amide bonds. The van der Waals surface area contributed by atoms with Crippen molar-refractivity contribution < 1.29 is 23.3 Å². The quantitative estimate of drug-likeness (QED) is 0.470. The van der Waals surface area contributed by atoms with Crippen molar-refractivity contribution in [3.05, 3.63) is 45.5 Å². The maximum absolute atomic E-state index is 12.8. The van der Waals surface area contributed by atoms with Crippen LogP contribution in [0.3, 0.4) is 0 Å². The highest BCUT2D eigenvalue weighted by molar-refractivity contribution is 7.89. The third-order valence-electron chi connectivity index (χ3n) is 5.19. The summed E-state index contributed by atoms with van der Waals surface area (Å²) in [6.07, 6.45) is 1.53. The number of nitrogens with zero attached hydrogens (tertiary/aromatic N) is 1. The first-order chi connectivity index (χ1) is 13.8. The zero-order chi connectivity index (χ0) is 21.1. The lowest BCUT2D eigenvalue weighted by Gasteiger charge is -2.43. The molecule has 156 valence electrons. The summed E-state index contributed by atoms with van der Waals surface area (Å²) in [5.74, 6) is -1.23. The lowest BCUT2D eigenvalue weighted by molar-refractivity contribution is -0.157. The van der Waals surface area contributed by atoms with Gasteiger partial charge in [0, 0.05) is 28.5 Å². The first-order valence-electron chi connectivity index (χ1n) is 9.48. The second-order valence-electron chi connectivity index (χ2n) is 7.09. The van der Waals surface area contributed by atoms with Crippen LogP contribution in [0.2, 0.25) is 5.02 Å². The number of rotatable bonds is 9. The summed E-state index contributed by atoms with van der Waals surface area (Å²) < 4.78 is 18.2. The molecule has 1 aromatic rings. The molecule has 29 heavy (non-hydrogen) atoms. The van der Waals surface area contributed by atoms with Crippen LogP contribution in [0.25, 0.3) is 0 Å². The molecule has 0 aliphatic carbocycles. The molecule has 0 bridgehead atoms. The highest BCUT2D eigenvalue weighted by Gasteiger charge is 2.55. The summed E-state index contributed by atoms with van der Waals surface area (Å²) in [5, 5.41) is 0.576. The molecule has 3 unspecified atom stereocenters. The second-order valence-corrected chi connectivity index (χ2v) is 9.12. The largest absolute Gasteiger partial charge is 0.456 e. The standard InChI is InChI=1S/C20H23ClN2O5S/c1-2-14-15-10-16(29(27)9-3-4-17(22)24)18(23(15)19(14)25)20(26)28-11-12-5-7-13(21)8-6-12/h5-8,14-15H,2-4,9-11H2,1H3,(H2,22,24). The summed E-state index contributed by atoms with van der Waals surface area (Å²) in [6.45, 7) is 1.94. The van der Waals surface area contributed by atoms with Crippen LogP contribution in [0.1, 0.15) is 38.2 Å². The van der Waals surface area contributed by atoms with E-state index in [-0.39, 0.29) is 42.3 Å². The second kappa shape index (κ2) is 9.09. The number of β-lactam (4-membered cyclic amide) rings is 1. The van der Waals surface area contributed by atoms with Crippen LogP contribution < -0.4 is 5.73 Å². The first kappa shape index (κ1) is 21.5. The molecule has 2 aliphatic rings. The van der Waals surface area contributed by atoms with Crippen molar-refractivity contribution in [2.24, 2.45) is 11.7 Å². The molecule has 7 nitrogen and oxygen atoms in total. The Labute approximate surface area is 176 Å². The average Bonchev–Trinajstić information content (AvgIpc) is 3.03. The Balaban J connectivity index is 1.76. The first-order valence-corrected chi connectivity index (χ1v) is 11.2. The molecule has 0 spiro atoms. The molecule has 0 saturated carbocycles. The maximum Gasteiger partial charge on any atom is 0.356 e. The number of halogens is 1. The SMILES string of the molecule is CCC1C(=O)N2C(C(=O)OCc3ccc(Cl)cc3)=C(S(=O)CCCC(N)=O)CC12. The monoisotopic (exact) mass is 438 g/mol. The van der Waals surface area contributed by atoms with Gasteiger partial charge in [-0.1, -0.05) is 30.7 Å². The van der Waals surface area contributed by atoms with Gasteiger partial charge in [0.1, 0.15) is 12.3 Å². The van der Waals surface area contributed by atoms with Gasteiger partial charge >= 0.3 is 5.97 Å². The van der Waals surface area contributed by atoms with Crippen molar-refractivity contribution in [2.75, 3.05) is 5.75 Å². The van der Waals surface area contributed by atoms with Gasteiger partial charge in [-0.05, 0) is 30.5 Å². The Morgan fingerprint density at radius 2 is 2.00 bits per heavy atom. The molecule has 2 N–H and O–H groups in total. The molecule has 3 atom stereocenters. The molecule has 2 heterocycles. The molecule has 1 fully saturated rings. The number of fused-ring (bicyclic) bond motifs is 1. The normalized spacial score (nSPS) is 21.6. The van der Waals surface area contributed by atoms with Gasteiger partial charge in [0.15, 0.2) is 0 Å². The molecular formula is C20H23ClN2O5S. The van der Waals surface area contributed by atoms with E-state index >= 15 is 0 Å². The van der Waals surface area contributed by atoms with Crippen LogP contribution in [-0.4, -0.2) is 38.7 Å². The third-order valence-corrected chi connectivity index (χ3v) is 7.02. The molecule has 9 heteroatoms. The van der Waals surface area contributed by atoms with E-state index in [1.807, 2.05) is 6.92 Å². The van der Waals surface area contributed by atoms with Crippen LogP contribution >= 0.6 is 11.6 Å². The number of primary amides is 1. The van der Waals surface area contributed by atoms with E-state index in [1.165, 1.54) is 4.90 Å². The van der Waals surface area contributed by atoms with Crippen molar-refractivity contribution in [3.63, 3.8) is 0 Å². The number of hydrogen-bond acceptors (Lipinski definition) is 5. The predicted octanol–water partition coefficient (Wildman–Crippen LogP) is 2.25. The highest BCUT2D eigenvalue weighted by Crippen LogP contribution is 2.45. The van der Waals surface area contributed by atoms with E-state index in [1.54, 1.807) is 24.3 Å². The van der Waals surface area contributed by atoms with Crippen molar-refractivity contribution in [1.82, 2.24) is 4.90 Å². The van der Waals surface area contributed by atoms with Crippen LogP contribution in [0.4, 0.5) is 0 Å². The van der Waals surface area contributed by atoms with Gasteiger partial charge in [0.05, 0.1) is 22.8 Å². The lowest BCUT2D eigenvalue weighted by atomic mass is 9.85. The number of benzene rings is 1. The van der Waals surface area contributed by atoms with E-state index in [0.29, 0.717) is 29.2 Å². The minimum absolute atomic E-state index is 0.0188. The molecule has 1 aromatic carbocycles. The van der Waals surface area contributed by atoms with Gasteiger partial charge in [-0.3, -0.25) is 13.8 Å². The zero-order valence-electron chi connectivity index (χ0n) is 16.1. The third kappa shape index (κ3) is 4.53. The minimum atomic E-state index is -1.49. The van der Waals surface area contributed by atoms with Gasteiger partial charge in [-0.15, -0.1) is 0 Å². The number of ether oxygens (including phenoxy) is 1. The van der Waals surface area contributed by atoms with Gasteiger partial charge in [-0.25, -0.2) is 4.79 Å². The Morgan fingerprint density at radius 1 is 1.31 bits per heavy atom. The molecular weight excluding hydrogens is 416 g/mol. The summed E-state index contributed by atoms with van der Waals surface area (Å²) in [6, 6.07) is 6.72. The number of nitrogens with two attached hydrogens (primary N) is 1. The van der Waals surface area contributed by atoms with Crippen LogP contribution in [-0.2, 0) is 36.5 Å². The van der Waals surface area contributed by atoms with E-state index in [0.717, 1.165) is 5.56 Å². The Morgan fingerprint density at radius 3 is 2.62 bits per heavy atom. The Hall–Kier alpha value is -2.19. The molecule has 0 radical (unpaired) electrons. The predicted molar refractivity (Wildman–Crippen MR) is 109 cm³/mol. The fourth-order valence-corrected chi connectivity index (χ4v) is 5.23. The van der Waals surface area contributed by atoms with Crippen molar-refractivity contribution in [1.29, 1.82) is 0 Å². The zero-order valence-corrected chi connectivity index (χ0v) is 17.6. The fourth-order valence-electron chi connectivity index (χ4n) is 3.69. The summed E-state index contributed by atoms with van der Waals surface area (Å²) in [7, 11) is -1.49. The van der Waals surface area contributed by atoms with Crippen LogP contribution in [0, 0.1) is 5.92 Å². The number of hydrogen-bond donors (Lipinski definition) is 1. The summed E-state index contributed by atoms with van der Waals surface area (Å²) in [5.41, 5.74) is 5.98. The number of carbonyl (C=O) groups excluding carboxylic acids is 3. The smallest absolute Gasteiger partial charge is 0.356 e. The van der Waals surface area contributed by atoms with Gasteiger partial charge in [0.2, 0.25) is 11.8 Å². The van der Waals surface area contributed by atoms with E-state index in [9.17, 15) is 18.6 Å². The van der Waals surface area contributed by atoms with Crippen LogP contribution in [0.5, 0.6) is 0 Å². The lowest BCUT2D eigenvalue weighted by Crippen LogP contribution is -2.58. The van der Waals surface area contributed by atoms with Crippen molar-refractivity contribution >= 4 is 40.2 Å². The van der Waals surface area contributed by atoms with Gasteiger partial charge in [0.25, 0.3) is 0 Å². The maximum atomic E-state index is 12.8. The molecule has 3 rings (SSSR count). The summed E-state index contributed by atoms with van der Waals surface area (Å²) >= 11 is 5.86. The summed E-state index contributed by atoms with van der Waals surface area (Å²) in [4.78, 5) is 38.1. The number of amides is 2. The van der Waals surface area contributed by atoms with Crippen molar-refractivity contribution in [3.8, 4) is 0 Å². The number of esters is 1. The van der Waals surface area contributed by atoms with E-state index in [4.69, 9.17) is 22.1 Å². The molecule has 1 saturated heterocycles. The Bertz CT molecular complexity index is 883. The topological polar surface area (TPSA) is 107 Å². The van der Waals surface area contributed by atoms with E-state index < -0.39 is 22.7 Å². The van der Waals surface area contributed by atoms with Crippen LogP contribution in [0.15, 0.2) is 34.9 Å². The molecule has 0 aromatic heterocycles. The fraction of sp³-hybridized carbons (Fsp3) is 0.450. The van der Waals surface area contributed by atoms with Gasteiger partial charge in [-0.2, -0.15) is 0 Å².